The van der Waals surface area contributed by atoms with Crippen LogP contribution in [-0.2, 0) is 0 Å². The van der Waals surface area contributed by atoms with Gasteiger partial charge in [-0.2, -0.15) is 0 Å². The van der Waals surface area contributed by atoms with Crippen LogP contribution in [0.4, 0.5) is 4.39 Å². The standard InChI is InChI=1S/C25H36FP/c1-8-11-24(26)27-23-13-10-9-12-20(23)25-21(17(4)5)14-19(16(2)3)15-22(25)18(6)7/h9-10,12-18,24,27H,8,11H2,1-7H3. The summed E-state index contributed by atoms with van der Waals surface area (Å²) in [7, 11) is 0.215. The minimum absolute atomic E-state index is 0.215. The third-order valence-electron chi connectivity index (χ3n) is 5.18. The highest BCUT2D eigenvalue weighted by molar-refractivity contribution is 7.48. The van der Waals surface area contributed by atoms with Crippen molar-refractivity contribution in [2.24, 2.45) is 0 Å². The van der Waals surface area contributed by atoms with Gasteiger partial charge in [0.25, 0.3) is 0 Å². The Labute approximate surface area is 167 Å². The van der Waals surface area contributed by atoms with Gasteiger partial charge < -0.3 is 0 Å². The predicted molar refractivity (Wildman–Crippen MR) is 122 cm³/mol. The fourth-order valence-corrected chi connectivity index (χ4v) is 4.91. The second-order valence-corrected chi connectivity index (χ2v) is 9.94. The Hall–Kier alpha value is -1.20. The molecule has 2 aromatic carbocycles. The summed E-state index contributed by atoms with van der Waals surface area (Å²) in [6, 6.07) is 13.2. The van der Waals surface area contributed by atoms with E-state index in [0.29, 0.717) is 24.2 Å². The molecule has 2 aromatic rings. The number of hydrogen-bond acceptors (Lipinski definition) is 0. The molecule has 0 aromatic heterocycles. The normalized spacial score (nSPS) is 13.4. The van der Waals surface area contributed by atoms with Crippen LogP contribution < -0.4 is 5.30 Å². The summed E-state index contributed by atoms with van der Waals surface area (Å²) in [5.74, 6) is 0.635. The van der Waals surface area contributed by atoms with E-state index in [-0.39, 0.29) is 8.58 Å². The van der Waals surface area contributed by atoms with Crippen LogP contribution in [-0.4, -0.2) is 5.91 Å². The number of halogens is 1. The first-order chi connectivity index (χ1) is 12.8. The van der Waals surface area contributed by atoms with Gasteiger partial charge in [0.15, 0.2) is 0 Å². The molecule has 0 aliphatic heterocycles. The topological polar surface area (TPSA) is 0 Å². The maximum Gasteiger partial charge on any atom is 0.120 e. The zero-order chi connectivity index (χ0) is 20.1. The summed E-state index contributed by atoms with van der Waals surface area (Å²) in [6.45, 7) is 15.7. The van der Waals surface area contributed by atoms with Crippen molar-refractivity contribution < 1.29 is 4.39 Å². The molecule has 0 saturated heterocycles. The molecule has 27 heavy (non-hydrogen) atoms. The molecule has 2 heteroatoms. The summed E-state index contributed by atoms with van der Waals surface area (Å²) < 4.78 is 14.5. The Morgan fingerprint density at radius 2 is 1.41 bits per heavy atom. The Morgan fingerprint density at radius 3 is 1.89 bits per heavy atom. The first kappa shape index (κ1) is 22.1. The molecule has 2 atom stereocenters. The van der Waals surface area contributed by atoms with Crippen LogP contribution in [0.25, 0.3) is 11.1 Å². The van der Waals surface area contributed by atoms with E-state index in [0.717, 1.165) is 6.42 Å². The maximum atomic E-state index is 14.5. The molecule has 0 fully saturated rings. The van der Waals surface area contributed by atoms with Gasteiger partial charge in [-0.15, -0.1) is 0 Å². The summed E-state index contributed by atoms with van der Waals surface area (Å²) in [4.78, 5) is 0. The second-order valence-electron chi connectivity index (χ2n) is 8.48. The van der Waals surface area contributed by atoms with E-state index < -0.39 is 5.91 Å². The minimum Gasteiger partial charge on any atom is -0.242 e. The van der Waals surface area contributed by atoms with E-state index in [1.807, 2.05) is 0 Å². The summed E-state index contributed by atoms with van der Waals surface area (Å²) in [6.07, 6.45) is 1.54. The molecular weight excluding hydrogens is 350 g/mol. The number of alkyl halides is 1. The molecule has 2 rings (SSSR count). The zero-order valence-electron chi connectivity index (χ0n) is 18.1. The fourth-order valence-electron chi connectivity index (χ4n) is 3.59. The molecule has 148 valence electrons. The van der Waals surface area contributed by atoms with Crippen LogP contribution in [0.5, 0.6) is 0 Å². The van der Waals surface area contributed by atoms with E-state index >= 15 is 0 Å². The third kappa shape index (κ3) is 5.41. The molecule has 0 nitrogen and oxygen atoms in total. The van der Waals surface area contributed by atoms with Gasteiger partial charge in [0, 0.05) is 0 Å². The lowest BCUT2D eigenvalue weighted by molar-refractivity contribution is 0.423. The molecule has 0 saturated carbocycles. The Balaban J connectivity index is 2.71. The Morgan fingerprint density at radius 1 is 0.852 bits per heavy atom. The summed E-state index contributed by atoms with van der Waals surface area (Å²) >= 11 is 0. The van der Waals surface area contributed by atoms with E-state index in [9.17, 15) is 4.39 Å². The SMILES string of the molecule is CCCC(F)Pc1ccccc1-c1c(C(C)C)cc(C(C)C)cc1C(C)C. The van der Waals surface area contributed by atoms with Crippen molar-refractivity contribution >= 4 is 13.9 Å². The average Bonchev–Trinajstić information content (AvgIpc) is 2.61. The zero-order valence-corrected chi connectivity index (χ0v) is 19.1. The lowest BCUT2D eigenvalue weighted by atomic mass is 9.82. The van der Waals surface area contributed by atoms with Crippen LogP contribution in [0.3, 0.4) is 0 Å². The van der Waals surface area contributed by atoms with Crippen LogP contribution in [0, 0.1) is 0 Å². The molecule has 0 heterocycles. The summed E-state index contributed by atoms with van der Waals surface area (Å²) in [5.41, 5.74) is 6.77. The first-order valence-corrected chi connectivity index (χ1v) is 11.5. The maximum absolute atomic E-state index is 14.5. The van der Waals surface area contributed by atoms with Crippen molar-refractivity contribution in [2.75, 3.05) is 0 Å². The van der Waals surface area contributed by atoms with E-state index in [1.54, 1.807) is 0 Å². The van der Waals surface area contributed by atoms with Crippen LogP contribution >= 0.6 is 8.58 Å². The van der Waals surface area contributed by atoms with Gasteiger partial charge in [-0.3, -0.25) is 0 Å². The molecule has 0 bridgehead atoms. The molecule has 0 aliphatic carbocycles. The lowest BCUT2D eigenvalue weighted by Crippen LogP contribution is -2.10. The second kappa shape index (κ2) is 9.83. The van der Waals surface area contributed by atoms with Crippen LogP contribution in [0.1, 0.15) is 95.8 Å². The van der Waals surface area contributed by atoms with Crippen molar-refractivity contribution in [1.29, 1.82) is 0 Å². The Kier molecular flexibility index (Phi) is 8.04. The first-order valence-electron chi connectivity index (χ1n) is 10.4. The van der Waals surface area contributed by atoms with Gasteiger partial charge in [-0.1, -0.05) is 99.9 Å². The van der Waals surface area contributed by atoms with E-state index in [4.69, 9.17) is 0 Å². The molecule has 0 radical (unpaired) electrons. The predicted octanol–water partition coefficient (Wildman–Crippen LogP) is 8.12. The molecule has 0 amide bonds. The van der Waals surface area contributed by atoms with Gasteiger partial charge in [-0.05, 0) is 57.3 Å². The van der Waals surface area contributed by atoms with Crippen molar-refractivity contribution in [3.8, 4) is 11.1 Å². The van der Waals surface area contributed by atoms with Gasteiger partial charge >= 0.3 is 0 Å². The third-order valence-corrected chi connectivity index (χ3v) is 6.53. The van der Waals surface area contributed by atoms with Gasteiger partial charge in [0.05, 0.1) is 0 Å². The quantitative estimate of drug-likeness (QED) is 0.402. The van der Waals surface area contributed by atoms with Crippen molar-refractivity contribution in [2.45, 2.75) is 85.0 Å². The number of rotatable bonds is 8. The van der Waals surface area contributed by atoms with E-state index in [1.165, 1.54) is 33.1 Å². The molecule has 0 aliphatic rings. The fraction of sp³-hybridized carbons (Fsp3) is 0.520. The molecule has 0 N–H and O–H groups in total. The lowest BCUT2D eigenvalue weighted by Gasteiger charge is -2.25. The summed E-state index contributed by atoms with van der Waals surface area (Å²) in [5, 5.41) is 1.17. The highest BCUT2D eigenvalue weighted by Crippen LogP contribution is 2.40. The largest absolute Gasteiger partial charge is 0.242 e. The van der Waals surface area contributed by atoms with Gasteiger partial charge in [0.2, 0.25) is 0 Å². The van der Waals surface area contributed by atoms with Crippen molar-refractivity contribution in [3.63, 3.8) is 0 Å². The number of benzene rings is 2. The van der Waals surface area contributed by atoms with Gasteiger partial charge in [-0.25, -0.2) is 4.39 Å². The highest BCUT2D eigenvalue weighted by Gasteiger charge is 2.21. The average molecular weight is 387 g/mol. The van der Waals surface area contributed by atoms with Crippen molar-refractivity contribution in [1.82, 2.24) is 0 Å². The number of hydrogen-bond donors (Lipinski definition) is 0. The Bertz CT molecular complexity index is 717. The van der Waals surface area contributed by atoms with Crippen molar-refractivity contribution in [3.05, 3.63) is 53.1 Å². The smallest absolute Gasteiger partial charge is 0.120 e. The van der Waals surface area contributed by atoms with Crippen LogP contribution in [0.15, 0.2) is 36.4 Å². The molecule has 2 unspecified atom stereocenters. The molecular formula is C25H36FP. The highest BCUT2D eigenvalue weighted by atomic mass is 31.1. The van der Waals surface area contributed by atoms with Gasteiger partial charge in [0.1, 0.15) is 5.91 Å². The van der Waals surface area contributed by atoms with Crippen LogP contribution in [0.2, 0.25) is 0 Å². The van der Waals surface area contributed by atoms with E-state index in [2.05, 4.69) is 84.9 Å². The monoisotopic (exact) mass is 386 g/mol. The molecule has 0 spiro atoms. The minimum atomic E-state index is -0.740.